The Hall–Kier alpha value is -3.39. The van der Waals surface area contributed by atoms with Crippen molar-refractivity contribution in [3.8, 4) is 0 Å². The third-order valence-corrected chi connectivity index (χ3v) is 7.94. The number of halogens is 2. The molecule has 7 nitrogen and oxygen atoms in total. The second-order valence-corrected chi connectivity index (χ2v) is 11.0. The fourth-order valence-electron chi connectivity index (χ4n) is 5.34. The monoisotopic (exact) mass is 564 g/mol. The highest BCUT2D eigenvalue weighted by Gasteiger charge is 2.35. The fraction of sp³-hybridized carbons (Fsp3) is 0.300. The van der Waals surface area contributed by atoms with E-state index >= 15 is 0 Å². The molecule has 1 saturated carbocycles. The summed E-state index contributed by atoms with van der Waals surface area (Å²) in [4.78, 5) is 41.7. The normalized spacial score (nSPS) is 20.9. The van der Waals surface area contributed by atoms with Crippen LogP contribution in [0.4, 0.5) is 11.4 Å². The van der Waals surface area contributed by atoms with Crippen molar-refractivity contribution in [2.75, 3.05) is 10.2 Å². The predicted octanol–water partition coefficient (Wildman–Crippen LogP) is 5.65. The lowest BCUT2D eigenvalue weighted by Gasteiger charge is -2.32. The van der Waals surface area contributed by atoms with Gasteiger partial charge in [-0.3, -0.25) is 14.4 Å². The number of fused-ring (bicyclic) bond motifs is 1. The Morgan fingerprint density at radius 2 is 1.72 bits per heavy atom. The van der Waals surface area contributed by atoms with Gasteiger partial charge in [-0.2, -0.15) is 0 Å². The van der Waals surface area contributed by atoms with Gasteiger partial charge in [0.15, 0.2) is 0 Å². The van der Waals surface area contributed by atoms with Crippen LogP contribution >= 0.6 is 23.2 Å². The molecule has 3 amide bonds. The molecule has 9 heteroatoms. The third-order valence-electron chi connectivity index (χ3n) is 7.38. The van der Waals surface area contributed by atoms with Crippen LogP contribution in [0.25, 0.3) is 0 Å². The summed E-state index contributed by atoms with van der Waals surface area (Å²) in [5.41, 5.74) is 8.76. The Bertz CT molecular complexity index is 1390. The van der Waals surface area contributed by atoms with Crippen molar-refractivity contribution < 1.29 is 14.4 Å². The van der Waals surface area contributed by atoms with E-state index in [2.05, 4.69) is 10.6 Å². The van der Waals surface area contributed by atoms with Gasteiger partial charge in [-0.25, -0.2) is 0 Å². The molecule has 1 heterocycles. The number of hydrogen-bond acceptors (Lipinski definition) is 4. The van der Waals surface area contributed by atoms with Gasteiger partial charge in [-0.05, 0) is 67.1 Å². The lowest BCUT2D eigenvalue weighted by molar-refractivity contribution is -0.119. The number of carbonyl (C=O) groups is 3. The molecule has 0 bridgehead atoms. The molecule has 1 aliphatic heterocycles. The van der Waals surface area contributed by atoms with E-state index in [9.17, 15) is 14.4 Å². The smallest absolute Gasteiger partial charge is 0.251 e. The van der Waals surface area contributed by atoms with Crippen molar-refractivity contribution in [3.63, 3.8) is 0 Å². The highest BCUT2D eigenvalue weighted by atomic mass is 35.5. The average Bonchev–Trinajstić information content (AvgIpc) is 3.05. The third kappa shape index (κ3) is 6.27. The molecule has 1 unspecified atom stereocenters. The van der Waals surface area contributed by atoms with Gasteiger partial charge in [-0.15, -0.1) is 0 Å². The zero-order chi connectivity index (χ0) is 27.5. The zero-order valence-electron chi connectivity index (χ0n) is 21.3. The fourth-order valence-corrected chi connectivity index (χ4v) is 5.87. The summed E-state index contributed by atoms with van der Waals surface area (Å²) in [7, 11) is 0. The molecule has 0 aromatic heterocycles. The second kappa shape index (κ2) is 11.8. The van der Waals surface area contributed by atoms with Crippen LogP contribution < -0.4 is 21.3 Å². The molecule has 1 aliphatic carbocycles. The van der Waals surface area contributed by atoms with E-state index in [1.165, 1.54) is 0 Å². The molecule has 5 rings (SSSR count). The van der Waals surface area contributed by atoms with Crippen LogP contribution in [0.1, 0.15) is 59.6 Å². The Morgan fingerprint density at radius 3 is 2.44 bits per heavy atom. The van der Waals surface area contributed by atoms with Crippen LogP contribution in [0.15, 0.2) is 66.7 Å². The maximum absolute atomic E-state index is 13.9. The first-order valence-corrected chi connectivity index (χ1v) is 13.9. The lowest BCUT2D eigenvalue weighted by atomic mass is 9.91. The number of nitrogens with one attached hydrogen (secondary N) is 2. The highest BCUT2D eigenvalue weighted by Crippen LogP contribution is 2.41. The minimum absolute atomic E-state index is 0.0135. The maximum Gasteiger partial charge on any atom is 0.251 e. The molecule has 0 saturated heterocycles. The van der Waals surface area contributed by atoms with Crippen LogP contribution in [-0.2, 0) is 16.0 Å². The molecule has 3 aromatic rings. The Labute approximate surface area is 237 Å². The molecule has 39 heavy (non-hydrogen) atoms. The summed E-state index contributed by atoms with van der Waals surface area (Å²) in [6, 6.07) is 19.1. The van der Waals surface area contributed by atoms with Gasteiger partial charge >= 0.3 is 0 Å². The van der Waals surface area contributed by atoms with Crippen LogP contribution in [0.5, 0.6) is 0 Å². The van der Waals surface area contributed by atoms with Crippen LogP contribution in [0, 0.1) is 0 Å². The number of nitrogens with zero attached hydrogens (tertiary/aromatic N) is 1. The first-order chi connectivity index (χ1) is 18.8. The number of nitrogens with two attached hydrogens (primary N) is 1. The summed E-state index contributed by atoms with van der Waals surface area (Å²) in [6.45, 7) is 0. The average molecular weight is 566 g/mol. The predicted molar refractivity (Wildman–Crippen MR) is 154 cm³/mol. The molecule has 0 radical (unpaired) electrons. The summed E-state index contributed by atoms with van der Waals surface area (Å²) in [5, 5.41) is 6.82. The Morgan fingerprint density at radius 1 is 0.974 bits per heavy atom. The van der Waals surface area contributed by atoms with E-state index in [4.69, 9.17) is 28.9 Å². The topological polar surface area (TPSA) is 105 Å². The number of benzene rings is 3. The Balaban J connectivity index is 1.51. The van der Waals surface area contributed by atoms with Gasteiger partial charge in [0, 0.05) is 27.7 Å². The van der Waals surface area contributed by atoms with E-state index in [0.29, 0.717) is 32.5 Å². The molecular weight excluding hydrogens is 535 g/mol. The molecular formula is C30H30Cl2N4O3. The number of hydrogen-bond donors (Lipinski definition) is 3. The number of carbonyl (C=O) groups excluding carboxylic acids is 3. The summed E-state index contributed by atoms with van der Waals surface area (Å²) in [6.07, 6.45) is 3.53. The van der Waals surface area contributed by atoms with Crippen LogP contribution in [0.3, 0.4) is 0 Å². The van der Waals surface area contributed by atoms with Gasteiger partial charge < -0.3 is 21.3 Å². The quantitative estimate of drug-likeness (QED) is 0.372. The molecule has 202 valence electrons. The van der Waals surface area contributed by atoms with Crippen molar-refractivity contribution in [1.82, 2.24) is 5.32 Å². The van der Waals surface area contributed by atoms with E-state index < -0.39 is 6.04 Å². The molecule has 3 aromatic carbocycles. The minimum Gasteiger partial charge on any atom is -0.349 e. The van der Waals surface area contributed by atoms with Gasteiger partial charge in [0.1, 0.15) is 0 Å². The highest BCUT2D eigenvalue weighted by molar-refractivity contribution is 6.35. The molecule has 2 aliphatic rings. The van der Waals surface area contributed by atoms with Crippen molar-refractivity contribution >= 4 is 52.3 Å². The molecule has 1 atom stereocenters. The lowest BCUT2D eigenvalue weighted by Crippen LogP contribution is -2.40. The standard InChI is InChI=1S/C30H30Cl2N4O3/c31-20-7-12-23(24(32)16-20)27-17-28(37)35-25-15-19(30(39)34-22-10-8-21(33)9-11-22)6-13-26(25)36(27)29(38)14-18-4-2-1-3-5-18/h1-7,12-13,15-16,21-22,27H,8-11,14,17,33H2,(H,34,39)(H,35,37). The van der Waals surface area contributed by atoms with Gasteiger partial charge in [0.25, 0.3) is 5.91 Å². The number of rotatable bonds is 5. The first-order valence-electron chi connectivity index (χ1n) is 13.1. The minimum atomic E-state index is -0.668. The van der Waals surface area contributed by atoms with E-state index in [1.54, 1.807) is 41.3 Å². The second-order valence-electron chi connectivity index (χ2n) is 10.2. The Kier molecular flexibility index (Phi) is 8.21. The van der Waals surface area contributed by atoms with Gasteiger partial charge in [-0.1, -0.05) is 59.6 Å². The molecule has 4 N–H and O–H groups in total. The van der Waals surface area contributed by atoms with E-state index in [0.717, 1.165) is 31.2 Å². The zero-order valence-corrected chi connectivity index (χ0v) is 22.8. The maximum atomic E-state index is 13.9. The first kappa shape index (κ1) is 27.2. The van der Waals surface area contributed by atoms with Crippen LogP contribution in [0.2, 0.25) is 10.0 Å². The van der Waals surface area contributed by atoms with Gasteiger partial charge in [0.05, 0.1) is 30.3 Å². The van der Waals surface area contributed by atoms with Crippen molar-refractivity contribution in [2.45, 2.75) is 56.7 Å². The van der Waals surface area contributed by atoms with Crippen molar-refractivity contribution in [3.05, 3.63) is 93.5 Å². The summed E-state index contributed by atoms with van der Waals surface area (Å²) < 4.78 is 0. The molecule has 0 spiro atoms. The summed E-state index contributed by atoms with van der Waals surface area (Å²) in [5.74, 6) is -0.719. The van der Waals surface area contributed by atoms with Crippen LogP contribution in [-0.4, -0.2) is 29.8 Å². The van der Waals surface area contributed by atoms with Gasteiger partial charge in [0.2, 0.25) is 11.8 Å². The number of anilines is 2. The number of amides is 3. The largest absolute Gasteiger partial charge is 0.349 e. The van der Waals surface area contributed by atoms with Crippen molar-refractivity contribution in [2.24, 2.45) is 5.73 Å². The van der Waals surface area contributed by atoms with E-state index in [-0.39, 0.29) is 42.6 Å². The summed E-state index contributed by atoms with van der Waals surface area (Å²) >= 11 is 12.7. The molecule has 1 fully saturated rings. The van der Waals surface area contributed by atoms with Crippen molar-refractivity contribution in [1.29, 1.82) is 0 Å². The van der Waals surface area contributed by atoms with E-state index in [1.807, 2.05) is 30.3 Å². The SMILES string of the molecule is NC1CCC(NC(=O)c2ccc3c(c2)NC(=O)CC(c2ccc(Cl)cc2Cl)N3C(=O)Cc2ccccc2)CC1.